The van der Waals surface area contributed by atoms with E-state index in [2.05, 4.69) is 4.72 Å². The zero-order chi connectivity index (χ0) is 22.4. The maximum absolute atomic E-state index is 13.2. The molecule has 168 valence electrons. The normalized spacial score (nSPS) is 15.7. The Morgan fingerprint density at radius 3 is 2.29 bits per heavy atom. The van der Waals surface area contributed by atoms with Crippen LogP contribution in [0, 0.1) is 6.92 Å². The molecule has 1 unspecified atom stereocenters. The molecule has 1 aliphatic rings. The minimum atomic E-state index is -3.80. The monoisotopic (exact) mass is 481 g/mol. The topological polar surface area (TPSA) is 86.8 Å². The highest BCUT2D eigenvalue weighted by atomic mass is 32.2. The van der Waals surface area contributed by atoms with Crippen molar-refractivity contribution in [3.8, 4) is 0 Å². The molecule has 1 aromatic carbocycles. The van der Waals surface area contributed by atoms with Gasteiger partial charge in [-0.05, 0) is 49.6 Å². The average molecular weight is 482 g/mol. The van der Waals surface area contributed by atoms with E-state index in [9.17, 15) is 18.0 Å². The Morgan fingerprint density at radius 1 is 1.06 bits per heavy atom. The highest BCUT2D eigenvalue weighted by Crippen LogP contribution is 2.19. The van der Waals surface area contributed by atoms with Crippen molar-refractivity contribution in [2.24, 2.45) is 0 Å². The zero-order valence-corrected chi connectivity index (χ0v) is 20.1. The van der Waals surface area contributed by atoms with Gasteiger partial charge in [0.2, 0.25) is 15.9 Å². The first kappa shape index (κ1) is 23.8. The first-order chi connectivity index (χ1) is 14.8. The standard InChI is InChI=1S/C21H27N3O4S3/c1-16-8-9-19(30-16)21(26)24-13-11-23(12-14-24)20(25)18(10-15-29-2)22-31(27,28)17-6-4-3-5-7-17/h3-9,18,22H,10-15H2,1-2H3. The molecule has 1 saturated heterocycles. The first-order valence-corrected chi connectivity index (χ1v) is 13.7. The van der Waals surface area contributed by atoms with Crippen LogP contribution in [-0.4, -0.2) is 74.3 Å². The Kier molecular flexibility index (Phi) is 8.15. The molecule has 0 spiro atoms. The smallest absolute Gasteiger partial charge is 0.264 e. The Labute approximate surface area is 191 Å². The summed E-state index contributed by atoms with van der Waals surface area (Å²) >= 11 is 3.03. The van der Waals surface area contributed by atoms with E-state index in [1.54, 1.807) is 39.8 Å². The zero-order valence-electron chi connectivity index (χ0n) is 17.6. The number of hydrogen-bond acceptors (Lipinski definition) is 6. The molecule has 3 rings (SSSR count). The van der Waals surface area contributed by atoms with Crippen LogP contribution in [0.25, 0.3) is 0 Å². The number of benzene rings is 1. The molecule has 1 atom stereocenters. The largest absolute Gasteiger partial charge is 0.338 e. The summed E-state index contributed by atoms with van der Waals surface area (Å²) in [7, 11) is -3.80. The number of nitrogens with one attached hydrogen (secondary N) is 1. The Bertz CT molecular complexity index is 1000. The van der Waals surface area contributed by atoms with E-state index in [4.69, 9.17) is 0 Å². The van der Waals surface area contributed by atoms with Crippen molar-refractivity contribution in [3.05, 3.63) is 52.2 Å². The molecule has 1 N–H and O–H groups in total. The number of sulfonamides is 1. The van der Waals surface area contributed by atoms with Gasteiger partial charge in [-0.1, -0.05) is 18.2 Å². The molecule has 0 aliphatic carbocycles. The lowest BCUT2D eigenvalue weighted by Crippen LogP contribution is -2.55. The molecule has 1 aliphatic heterocycles. The molecule has 2 amide bonds. The third-order valence-electron chi connectivity index (χ3n) is 5.09. The summed E-state index contributed by atoms with van der Waals surface area (Å²) in [5, 5.41) is 0. The number of hydrogen-bond donors (Lipinski definition) is 1. The van der Waals surface area contributed by atoms with Gasteiger partial charge in [0, 0.05) is 31.1 Å². The Balaban J connectivity index is 1.65. The summed E-state index contributed by atoms with van der Waals surface area (Å²) in [6, 6.07) is 11.0. The van der Waals surface area contributed by atoms with Crippen molar-refractivity contribution in [3.63, 3.8) is 0 Å². The number of thiophene rings is 1. The van der Waals surface area contributed by atoms with Crippen LogP contribution in [0.5, 0.6) is 0 Å². The molecule has 31 heavy (non-hydrogen) atoms. The van der Waals surface area contributed by atoms with E-state index in [-0.39, 0.29) is 16.7 Å². The van der Waals surface area contributed by atoms with E-state index < -0.39 is 16.1 Å². The quantitative estimate of drug-likeness (QED) is 0.626. The van der Waals surface area contributed by atoms with Crippen molar-refractivity contribution >= 4 is 44.9 Å². The van der Waals surface area contributed by atoms with Crippen LogP contribution in [0.3, 0.4) is 0 Å². The maximum atomic E-state index is 13.2. The van der Waals surface area contributed by atoms with E-state index in [1.807, 2.05) is 25.3 Å². The highest BCUT2D eigenvalue weighted by Gasteiger charge is 2.32. The van der Waals surface area contributed by atoms with Gasteiger partial charge in [0.15, 0.2) is 0 Å². The van der Waals surface area contributed by atoms with Gasteiger partial charge in [-0.3, -0.25) is 9.59 Å². The van der Waals surface area contributed by atoms with Crippen molar-refractivity contribution in [2.45, 2.75) is 24.3 Å². The van der Waals surface area contributed by atoms with Crippen molar-refractivity contribution in [2.75, 3.05) is 38.2 Å². The Morgan fingerprint density at radius 2 is 1.71 bits per heavy atom. The van der Waals surface area contributed by atoms with Crippen LogP contribution >= 0.6 is 23.1 Å². The second-order valence-electron chi connectivity index (χ2n) is 7.30. The lowest BCUT2D eigenvalue weighted by atomic mass is 10.2. The fourth-order valence-electron chi connectivity index (χ4n) is 3.38. The summed E-state index contributed by atoms with van der Waals surface area (Å²) in [6.45, 7) is 3.60. The fraction of sp³-hybridized carbons (Fsp3) is 0.429. The first-order valence-electron chi connectivity index (χ1n) is 10.0. The highest BCUT2D eigenvalue weighted by molar-refractivity contribution is 7.98. The van der Waals surface area contributed by atoms with E-state index >= 15 is 0 Å². The number of amides is 2. The summed E-state index contributed by atoms with van der Waals surface area (Å²) in [6.07, 6.45) is 2.32. The molecule has 0 saturated carbocycles. The predicted octanol–water partition coefficient (Wildman–Crippen LogP) is 2.44. The number of carbonyl (C=O) groups excluding carboxylic acids is 2. The van der Waals surface area contributed by atoms with Gasteiger partial charge in [0.05, 0.1) is 9.77 Å². The number of thioether (sulfide) groups is 1. The molecule has 2 aromatic rings. The predicted molar refractivity (Wildman–Crippen MR) is 125 cm³/mol. The van der Waals surface area contributed by atoms with E-state index in [0.717, 1.165) is 4.88 Å². The van der Waals surface area contributed by atoms with Crippen LogP contribution in [0.15, 0.2) is 47.4 Å². The van der Waals surface area contributed by atoms with Gasteiger partial charge < -0.3 is 9.80 Å². The molecular formula is C21H27N3O4S3. The molecule has 0 radical (unpaired) electrons. The average Bonchev–Trinajstić information content (AvgIpc) is 3.22. The van der Waals surface area contributed by atoms with Crippen molar-refractivity contribution < 1.29 is 18.0 Å². The molecule has 1 fully saturated rings. The summed E-state index contributed by atoms with van der Waals surface area (Å²) in [4.78, 5) is 31.1. The van der Waals surface area contributed by atoms with Crippen LogP contribution in [0.4, 0.5) is 0 Å². The molecule has 1 aromatic heterocycles. The van der Waals surface area contributed by atoms with Crippen molar-refractivity contribution in [1.29, 1.82) is 0 Å². The molecular weight excluding hydrogens is 454 g/mol. The second kappa shape index (κ2) is 10.6. The number of rotatable bonds is 8. The van der Waals surface area contributed by atoms with Crippen LogP contribution in [0.2, 0.25) is 0 Å². The second-order valence-corrected chi connectivity index (χ2v) is 11.3. The van der Waals surface area contributed by atoms with Gasteiger partial charge in [0.25, 0.3) is 5.91 Å². The number of aryl methyl sites for hydroxylation is 1. The molecule has 0 bridgehead atoms. The van der Waals surface area contributed by atoms with Crippen LogP contribution in [0.1, 0.15) is 21.0 Å². The fourth-order valence-corrected chi connectivity index (χ4v) is 5.93. The van der Waals surface area contributed by atoms with E-state index in [0.29, 0.717) is 43.2 Å². The third kappa shape index (κ3) is 6.09. The van der Waals surface area contributed by atoms with Gasteiger partial charge in [-0.15, -0.1) is 11.3 Å². The lowest BCUT2D eigenvalue weighted by Gasteiger charge is -2.36. The summed E-state index contributed by atoms with van der Waals surface area (Å²) in [5.41, 5.74) is 0. The van der Waals surface area contributed by atoms with Crippen molar-refractivity contribution in [1.82, 2.24) is 14.5 Å². The van der Waals surface area contributed by atoms with Gasteiger partial charge >= 0.3 is 0 Å². The number of nitrogens with zero attached hydrogens (tertiary/aromatic N) is 2. The number of piperazine rings is 1. The number of carbonyl (C=O) groups is 2. The summed E-state index contributed by atoms with van der Waals surface area (Å²) < 4.78 is 28.1. The maximum Gasteiger partial charge on any atom is 0.264 e. The minimum absolute atomic E-state index is 0.0195. The van der Waals surface area contributed by atoms with E-state index in [1.165, 1.54) is 23.5 Å². The van der Waals surface area contributed by atoms with Gasteiger partial charge in [0.1, 0.15) is 6.04 Å². The van der Waals surface area contributed by atoms with Crippen LogP contribution in [-0.2, 0) is 14.8 Å². The molecule has 2 heterocycles. The van der Waals surface area contributed by atoms with Gasteiger partial charge in [-0.25, -0.2) is 8.42 Å². The SMILES string of the molecule is CSCCC(NS(=O)(=O)c1ccccc1)C(=O)N1CCN(C(=O)c2ccc(C)s2)CC1. The third-order valence-corrected chi connectivity index (χ3v) is 8.21. The lowest BCUT2D eigenvalue weighted by molar-refractivity contribution is -0.134. The Hall–Kier alpha value is -1.88. The van der Waals surface area contributed by atoms with Gasteiger partial charge in [-0.2, -0.15) is 16.5 Å². The molecule has 7 nitrogen and oxygen atoms in total. The molecule has 10 heteroatoms. The minimum Gasteiger partial charge on any atom is -0.338 e. The van der Waals surface area contributed by atoms with Crippen LogP contribution < -0.4 is 4.72 Å². The summed E-state index contributed by atoms with van der Waals surface area (Å²) in [5.74, 6) is 0.394.